The molecule has 2 aromatic heterocycles. The maximum absolute atomic E-state index is 12.9. The smallest absolute Gasteiger partial charge is 0.123 e. The molecular weight excluding hydrogens is 269 g/mol. The normalized spacial score (nSPS) is 11.0. The van der Waals surface area contributed by atoms with Gasteiger partial charge in [0, 0.05) is 24.5 Å². The SMILES string of the molecule is CCn1cc(-c2nn(Cc3ccc(F)cc3)cc2N)cn1. The largest absolute Gasteiger partial charge is 0.396 e. The number of nitrogens with zero attached hydrogens (tertiary/aromatic N) is 4. The van der Waals surface area contributed by atoms with Gasteiger partial charge in [-0.25, -0.2) is 4.39 Å². The first-order chi connectivity index (χ1) is 10.2. The van der Waals surface area contributed by atoms with E-state index in [-0.39, 0.29) is 5.82 Å². The van der Waals surface area contributed by atoms with Crippen molar-refractivity contribution in [1.82, 2.24) is 19.6 Å². The number of anilines is 1. The number of aryl methyl sites for hydroxylation is 1. The van der Waals surface area contributed by atoms with E-state index in [4.69, 9.17) is 5.73 Å². The van der Waals surface area contributed by atoms with E-state index in [0.29, 0.717) is 12.2 Å². The summed E-state index contributed by atoms with van der Waals surface area (Å²) >= 11 is 0. The predicted octanol–water partition coefficient (Wildman–Crippen LogP) is 2.54. The molecule has 0 aliphatic carbocycles. The number of hydrogen-bond acceptors (Lipinski definition) is 3. The fourth-order valence-electron chi connectivity index (χ4n) is 2.18. The molecule has 1 aromatic carbocycles. The van der Waals surface area contributed by atoms with Crippen LogP contribution in [0.5, 0.6) is 0 Å². The molecule has 3 rings (SSSR count). The van der Waals surface area contributed by atoms with E-state index in [1.165, 1.54) is 12.1 Å². The van der Waals surface area contributed by atoms with Gasteiger partial charge in [0.1, 0.15) is 11.5 Å². The van der Waals surface area contributed by atoms with Gasteiger partial charge in [0.15, 0.2) is 0 Å². The highest BCUT2D eigenvalue weighted by atomic mass is 19.1. The van der Waals surface area contributed by atoms with Crippen LogP contribution in [-0.2, 0) is 13.1 Å². The van der Waals surface area contributed by atoms with Crippen LogP contribution < -0.4 is 5.73 Å². The first-order valence-electron chi connectivity index (χ1n) is 6.76. The summed E-state index contributed by atoms with van der Waals surface area (Å²) in [7, 11) is 0. The number of nitrogens with two attached hydrogens (primary N) is 1. The molecule has 0 saturated carbocycles. The Hall–Kier alpha value is -2.63. The summed E-state index contributed by atoms with van der Waals surface area (Å²) in [5, 5.41) is 8.72. The summed E-state index contributed by atoms with van der Waals surface area (Å²) in [6.45, 7) is 3.37. The summed E-state index contributed by atoms with van der Waals surface area (Å²) in [4.78, 5) is 0. The molecule has 0 aliphatic heterocycles. The minimum atomic E-state index is -0.244. The molecule has 0 atom stereocenters. The van der Waals surface area contributed by atoms with Crippen molar-refractivity contribution in [1.29, 1.82) is 0 Å². The van der Waals surface area contributed by atoms with Crippen LogP contribution in [0.1, 0.15) is 12.5 Å². The minimum absolute atomic E-state index is 0.244. The van der Waals surface area contributed by atoms with Crippen molar-refractivity contribution >= 4 is 5.69 Å². The third kappa shape index (κ3) is 2.79. The van der Waals surface area contributed by atoms with Crippen molar-refractivity contribution in [2.45, 2.75) is 20.0 Å². The molecule has 6 heteroatoms. The summed E-state index contributed by atoms with van der Waals surface area (Å²) in [5.74, 6) is -0.244. The number of aromatic nitrogens is 4. The van der Waals surface area contributed by atoms with Crippen LogP contribution in [-0.4, -0.2) is 19.6 Å². The Kier molecular flexibility index (Phi) is 3.43. The van der Waals surface area contributed by atoms with Crippen LogP contribution in [0.25, 0.3) is 11.3 Å². The van der Waals surface area contributed by atoms with Crippen molar-refractivity contribution in [3.8, 4) is 11.3 Å². The first-order valence-corrected chi connectivity index (χ1v) is 6.76. The molecule has 0 amide bonds. The summed E-state index contributed by atoms with van der Waals surface area (Å²) in [5.41, 5.74) is 9.21. The Morgan fingerprint density at radius 2 is 1.90 bits per heavy atom. The second-order valence-electron chi connectivity index (χ2n) is 4.84. The number of hydrogen-bond donors (Lipinski definition) is 1. The van der Waals surface area contributed by atoms with E-state index in [1.54, 1.807) is 29.2 Å². The Balaban J connectivity index is 1.85. The maximum Gasteiger partial charge on any atom is 0.123 e. The molecule has 0 radical (unpaired) electrons. The Morgan fingerprint density at radius 3 is 2.57 bits per heavy atom. The molecule has 2 N–H and O–H groups in total. The monoisotopic (exact) mass is 285 g/mol. The molecular formula is C15H16FN5. The average molecular weight is 285 g/mol. The molecule has 2 heterocycles. The van der Waals surface area contributed by atoms with Crippen molar-refractivity contribution in [3.63, 3.8) is 0 Å². The van der Waals surface area contributed by atoms with Crippen molar-refractivity contribution in [3.05, 3.63) is 54.2 Å². The van der Waals surface area contributed by atoms with Crippen LogP contribution in [0, 0.1) is 5.82 Å². The number of halogens is 1. The summed E-state index contributed by atoms with van der Waals surface area (Å²) in [6.07, 6.45) is 5.45. The van der Waals surface area contributed by atoms with Gasteiger partial charge in [0.2, 0.25) is 0 Å². The van der Waals surface area contributed by atoms with Gasteiger partial charge in [-0.3, -0.25) is 9.36 Å². The van der Waals surface area contributed by atoms with Gasteiger partial charge in [-0.2, -0.15) is 10.2 Å². The molecule has 0 saturated heterocycles. The Labute approximate surface area is 121 Å². The lowest BCUT2D eigenvalue weighted by molar-refractivity contribution is 0.624. The van der Waals surface area contributed by atoms with Gasteiger partial charge in [-0.05, 0) is 24.6 Å². The quantitative estimate of drug-likeness (QED) is 0.801. The first kappa shape index (κ1) is 13.4. The average Bonchev–Trinajstić information content (AvgIpc) is 3.08. The lowest BCUT2D eigenvalue weighted by atomic mass is 10.2. The third-order valence-corrected chi connectivity index (χ3v) is 3.28. The zero-order valence-corrected chi connectivity index (χ0v) is 11.7. The molecule has 0 spiro atoms. The van der Waals surface area contributed by atoms with E-state index in [9.17, 15) is 4.39 Å². The van der Waals surface area contributed by atoms with E-state index in [1.807, 2.05) is 17.8 Å². The van der Waals surface area contributed by atoms with Crippen molar-refractivity contribution in [2.75, 3.05) is 5.73 Å². The topological polar surface area (TPSA) is 61.7 Å². The number of nitrogen functional groups attached to an aromatic ring is 1. The Bertz CT molecular complexity index is 742. The van der Waals surface area contributed by atoms with E-state index in [2.05, 4.69) is 10.2 Å². The van der Waals surface area contributed by atoms with Crippen LogP contribution in [0.2, 0.25) is 0 Å². The van der Waals surface area contributed by atoms with E-state index >= 15 is 0 Å². The zero-order valence-electron chi connectivity index (χ0n) is 11.7. The molecule has 108 valence electrons. The van der Waals surface area contributed by atoms with Crippen LogP contribution in [0.3, 0.4) is 0 Å². The summed E-state index contributed by atoms with van der Waals surface area (Å²) < 4.78 is 16.5. The Morgan fingerprint density at radius 1 is 1.14 bits per heavy atom. The lowest BCUT2D eigenvalue weighted by Gasteiger charge is -2.01. The highest BCUT2D eigenvalue weighted by Crippen LogP contribution is 2.23. The molecule has 3 aromatic rings. The second kappa shape index (κ2) is 5.40. The van der Waals surface area contributed by atoms with Crippen molar-refractivity contribution < 1.29 is 4.39 Å². The minimum Gasteiger partial charge on any atom is -0.396 e. The highest BCUT2D eigenvalue weighted by molar-refractivity contribution is 5.70. The van der Waals surface area contributed by atoms with Gasteiger partial charge in [-0.15, -0.1) is 0 Å². The fraction of sp³-hybridized carbons (Fsp3) is 0.200. The van der Waals surface area contributed by atoms with Gasteiger partial charge in [0.25, 0.3) is 0 Å². The molecule has 0 fully saturated rings. The molecule has 0 aliphatic rings. The van der Waals surface area contributed by atoms with Gasteiger partial charge >= 0.3 is 0 Å². The van der Waals surface area contributed by atoms with Crippen LogP contribution in [0.4, 0.5) is 10.1 Å². The standard InChI is InChI=1S/C15H16FN5/c1-2-20-9-12(7-18-20)15-14(17)10-21(19-15)8-11-3-5-13(16)6-4-11/h3-7,9-10H,2,8,17H2,1H3. The van der Waals surface area contributed by atoms with Gasteiger partial charge in [-0.1, -0.05) is 12.1 Å². The van der Waals surface area contributed by atoms with Gasteiger partial charge in [0.05, 0.1) is 18.4 Å². The lowest BCUT2D eigenvalue weighted by Crippen LogP contribution is -2.00. The van der Waals surface area contributed by atoms with Crippen LogP contribution in [0.15, 0.2) is 42.9 Å². The molecule has 0 bridgehead atoms. The number of benzene rings is 1. The highest BCUT2D eigenvalue weighted by Gasteiger charge is 2.11. The predicted molar refractivity (Wildman–Crippen MR) is 79.0 cm³/mol. The summed E-state index contributed by atoms with van der Waals surface area (Å²) in [6, 6.07) is 6.35. The van der Waals surface area contributed by atoms with Crippen LogP contribution >= 0.6 is 0 Å². The zero-order chi connectivity index (χ0) is 14.8. The molecule has 0 unspecified atom stereocenters. The molecule has 5 nitrogen and oxygen atoms in total. The van der Waals surface area contributed by atoms with E-state index in [0.717, 1.165) is 23.4 Å². The maximum atomic E-state index is 12.9. The van der Waals surface area contributed by atoms with Crippen molar-refractivity contribution in [2.24, 2.45) is 0 Å². The number of rotatable bonds is 4. The fourth-order valence-corrected chi connectivity index (χ4v) is 2.18. The van der Waals surface area contributed by atoms with Gasteiger partial charge < -0.3 is 5.73 Å². The molecule has 21 heavy (non-hydrogen) atoms. The van der Waals surface area contributed by atoms with E-state index < -0.39 is 0 Å². The second-order valence-corrected chi connectivity index (χ2v) is 4.84. The third-order valence-electron chi connectivity index (χ3n) is 3.28.